The number of rotatable bonds is 6. The summed E-state index contributed by atoms with van der Waals surface area (Å²) in [7, 11) is 1.59. The Morgan fingerprint density at radius 2 is 2.15 bits per heavy atom. The molecule has 20 heavy (non-hydrogen) atoms. The fourth-order valence-electron chi connectivity index (χ4n) is 1.78. The van der Waals surface area contributed by atoms with Crippen molar-refractivity contribution in [3.63, 3.8) is 0 Å². The molecule has 0 amide bonds. The Hall–Kier alpha value is -2.01. The number of ether oxygens (including phenoxy) is 2. The molecule has 1 heterocycles. The fourth-order valence-corrected chi connectivity index (χ4v) is 2.49. The van der Waals surface area contributed by atoms with Gasteiger partial charge in [0.05, 0.1) is 19.4 Å². The standard InChI is InChI=1S/C15H17NO3S/c1-11(16-17)13-3-4-14(15(9-13)18-2)19-7-5-12-6-8-20-10-12/h3-4,6,8-10,17H,5,7H2,1-2H3. The van der Waals surface area contributed by atoms with Crippen molar-refractivity contribution in [3.05, 3.63) is 46.2 Å². The molecule has 0 aliphatic heterocycles. The molecule has 1 N–H and O–H groups in total. The first kappa shape index (κ1) is 14.4. The van der Waals surface area contributed by atoms with Crippen LogP contribution in [-0.4, -0.2) is 24.6 Å². The lowest BCUT2D eigenvalue weighted by atomic mass is 10.1. The number of benzene rings is 1. The first-order valence-corrected chi connectivity index (χ1v) is 7.20. The van der Waals surface area contributed by atoms with Gasteiger partial charge >= 0.3 is 0 Å². The number of hydrogen-bond acceptors (Lipinski definition) is 5. The molecular formula is C15H17NO3S. The minimum atomic E-state index is 0.535. The summed E-state index contributed by atoms with van der Waals surface area (Å²) < 4.78 is 11.1. The molecular weight excluding hydrogens is 274 g/mol. The van der Waals surface area contributed by atoms with E-state index in [0.717, 1.165) is 12.0 Å². The van der Waals surface area contributed by atoms with E-state index in [1.807, 2.05) is 12.1 Å². The zero-order valence-corrected chi connectivity index (χ0v) is 12.3. The van der Waals surface area contributed by atoms with Crippen LogP contribution < -0.4 is 9.47 Å². The van der Waals surface area contributed by atoms with Gasteiger partial charge in [-0.2, -0.15) is 11.3 Å². The highest BCUT2D eigenvalue weighted by Gasteiger charge is 2.08. The Kier molecular flexibility index (Phi) is 5.01. The van der Waals surface area contributed by atoms with Gasteiger partial charge in [0, 0.05) is 12.0 Å². The Labute approximate surface area is 122 Å². The highest BCUT2D eigenvalue weighted by Crippen LogP contribution is 2.28. The molecule has 1 aromatic heterocycles. The maximum absolute atomic E-state index is 8.79. The summed E-state index contributed by atoms with van der Waals surface area (Å²) in [5.74, 6) is 1.33. The molecule has 0 fully saturated rings. The lowest BCUT2D eigenvalue weighted by Gasteiger charge is -2.11. The van der Waals surface area contributed by atoms with Crippen molar-refractivity contribution in [1.29, 1.82) is 0 Å². The van der Waals surface area contributed by atoms with Gasteiger partial charge < -0.3 is 14.7 Å². The third-order valence-electron chi connectivity index (χ3n) is 2.96. The quantitative estimate of drug-likeness (QED) is 0.503. The van der Waals surface area contributed by atoms with Crippen LogP contribution >= 0.6 is 11.3 Å². The van der Waals surface area contributed by atoms with Crippen LogP contribution in [-0.2, 0) is 6.42 Å². The second-order valence-corrected chi connectivity index (χ2v) is 5.06. The Morgan fingerprint density at radius 1 is 1.30 bits per heavy atom. The Balaban J connectivity index is 2.04. The van der Waals surface area contributed by atoms with Crippen LogP contribution in [0.25, 0.3) is 0 Å². The van der Waals surface area contributed by atoms with Crippen molar-refractivity contribution in [3.8, 4) is 11.5 Å². The molecule has 0 unspecified atom stereocenters. The molecule has 4 nitrogen and oxygen atoms in total. The zero-order valence-electron chi connectivity index (χ0n) is 11.5. The molecule has 0 bridgehead atoms. The zero-order chi connectivity index (χ0) is 14.4. The number of hydrogen-bond donors (Lipinski definition) is 1. The number of thiophene rings is 1. The largest absolute Gasteiger partial charge is 0.493 e. The van der Waals surface area contributed by atoms with Crippen LogP contribution in [0.3, 0.4) is 0 Å². The van der Waals surface area contributed by atoms with E-state index in [4.69, 9.17) is 14.7 Å². The molecule has 2 aromatic rings. The second kappa shape index (κ2) is 6.96. The average Bonchev–Trinajstić information content (AvgIpc) is 3.00. The van der Waals surface area contributed by atoms with Crippen LogP contribution in [0.15, 0.2) is 40.2 Å². The van der Waals surface area contributed by atoms with E-state index in [-0.39, 0.29) is 0 Å². The molecule has 0 spiro atoms. The van der Waals surface area contributed by atoms with E-state index < -0.39 is 0 Å². The van der Waals surface area contributed by atoms with Crippen LogP contribution in [0.4, 0.5) is 0 Å². The molecule has 0 aliphatic rings. The first-order chi connectivity index (χ1) is 9.74. The topological polar surface area (TPSA) is 51.0 Å². The van der Waals surface area contributed by atoms with Gasteiger partial charge in [0.1, 0.15) is 0 Å². The first-order valence-electron chi connectivity index (χ1n) is 6.25. The van der Waals surface area contributed by atoms with Crippen molar-refractivity contribution >= 4 is 17.0 Å². The summed E-state index contributed by atoms with van der Waals surface area (Å²) in [6.45, 7) is 2.32. The van der Waals surface area contributed by atoms with Crippen molar-refractivity contribution < 1.29 is 14.7 Å². The predicted molar refractivity (Wildman–Crippen MR) is 80.5 cm³/mol. The predicted octanol–water partition coefficient (Wildman–Crippen LogP) is 3.58. The lowest BCUT2D eigenvalue weighted by molar-refractivity contribution is 0.297. The maximum atomic E-state index is 8.79. The van der Waals surface area contributed by atoms with Crippen molar-refractivity contribution in [2.45, 2.75) is 13.3 Å². The summed E-state index contributed by atoms with van der Waals surface area (Å²) in [6, 6.07) is 7.57. The molecule has 5 heteroatoms. The van der Waals surface area contributed by atoms with Gasteiger partial charge in [0.2, 0.25) is 0 Å². The molecule has 0 atom stereocenters. The van der Waals surface area contributed by atoms with Gasteiger partial charge in [-0.05, 0) is 47.5 Å². The summed E-state index contributed by atoms with van der Waals surface area (Å²) in [4.78, 5) is 0. The highest BCUT2D eigenvalue weighted by molar-refractivity contribution is 7.07. The molecule has 0 aliphatic carbocycles. The third-order valence-corrected chi connectivity index (χ3v) is 3.69. The van der Waals surface area contributed by atoms with E-state index in [1.54, 1.807) is 31.4 Å². The lowest BCUT2D eigenvalue weighted by Crippen LogP contribution is -2.03. The monoisotopic (exact) mass is 291 g/mol. The average molecular weight is 291 g/mol. The van der Waals surface area contributed by atoms with E-state index >= 15 is 0 Å². The van der Waals surface area contributed by atoms with Crippen LogP contribution in [0.2, 0.25) is 0 Å². The highest BCUT2D eigenvalue weighted by atomic mass is 32.1. The summed E-state index contributed by atoms with van der Waals surface area (Å²) in [6.07, 6.45) is 0.867. The fraction of sp³-hybridized carbons (Fsp3) is 0.267. The van der Waals surface area contributed by atoms with Crippen molar-refractivity contribution in [2.24, 2.45) is 5.16 Å². The molecule has 0 saturated heterocycles. The van der Waals surface area contributed by atoms with E-state index in [2.05, 4.69) is 22.0 Å². The molecule has 1 aromatic carbocycles. The normalized spacial score (nSPS) is 11.4. The van der Waals surface area contributed by atoms with Gasteiger partial charge in [-0.3, -0.25) is 0 Å². The van der Waals surface area contributed by atoms with Gasteiger partial charge in [0.25, 0.3) is 0 Å². The minimum Gasteiger partial charge on any atom is -0.493 e. The van der Waals surface area contributed by atoms with Crippen LogP contribution in [0.1, 0.15) is 18.1 Å². The summed E-state index contributed by atoms with van der Waals surface area (Å²) in [5, 5.41) is 16.1. The van der Waals surface area contributed by atoms with E-state index in [0.29, 0.717) is 23.8 Å². The van der Waals surface area contributed by atoms with Gasteiger partial charge in [-0.1, -0.05) is 5.16 Å². The van der Waals surface area contributed by atoms with Crippen molar-refractivity contribution in [1.82, 2.24) is 0 Å². The van der Waals surface area contributed by atoms with Crippen LogP contribution in [0, 0.1) is 0 Å². The summed E-state index contributed by atoms with van der Waals surface area (Å²) >= 11 is 1.68. The van der Waals surface area contributed by atoms with Crippen LogP contribution in [0.5, 0.6) is 11.5 Å². The Morgan fingerprint density at radius 3 is 2.80 bits per heavy atom. The molecule has 106 valence electrons. The summed E-state index contributed by atoms with van der Waals surface area (Å²) in [5.41, 5.74) is 2.61. The van der Waals surface area contributed by atoms with E-state index in [9.17, 15) is 0 Å². The van der Waals surface area contributed by atoms with Gasteiger partial charge in [0.15, 0.2) is 11.5 Å². The maximum Gasteiger partial charge on any atom is 0.161 e. The third kappa shape index (κ3) is 3.51. The molecule has 0 radical (unpaired) electrons. The number of nitrogens with zero attached hydrogens (tertiary/aromatic N) is 1. The second-order valence-electron chi connectivity index (χ2n) is 4.28. The SMILES string of the molecule is COc1cc(C(C)=NO)ccc1OCCc1ccsc1. The number of oxime groups is 1. The molecule has 0 saturated carbocycles. The smallest absolute Gasteiger partial charge is 0.161 e. The van der Waals surface area contributed by atoms with Gasteiger partial charge in [-0.25, -0.2) is 0 Å². The van der Waals surface area contributed by atoms with Crippen molar-refractivity contribution in [2.75, 3.05) is 13.7 Å². The van der Waals surface area contributed by atoms with Gasteiger partial charge in [-0.15, -0.1) is 0 Å². The van der Waals surface area contributed by atoms with E-state index in [1.165, 1.54) is 5.56 Å². The minimum absolute atomic E-state index is 0.535. The molecule has 2 rings (SSSR count). The Bertz CT molecular complexity index is 579. The number of methoxy groups -OCH3 is 1.